The van der Waals surface area contributed by atoms with Crippen molar-refractivity contribution < 1.29 is 14.3 Å². The van der Waals surface area contributed by atoms with E-state index in [9.17, 15) is 9.59 Å². The first-order chi connectivity index (χ1) is 11.6. The van der Waals surface area contributed by atoms with Crippen LogP contribution in [-0.2, 0) is 14.3 Å². The number of esters is 1. The second-order valence-corrected chi connectivity index (χ2v) is 7.50. The first kappa shape index (κ1) is 17.1. The van der Waals surface area contributed by atoms with Crippen molar-refractivity contribution in [3.8, 4) is 0 Å². The number of thiophene rings is 1. The van der Waals surface area contributed by atoms with Crippen molar-refractivity contribution in [2.45, 2.75) is 19.3 Å². The maximum Gasteiger partial charge on any atom is 0.317 e. The largest absolute Gasteiger partial charge is 0.465 e. The molecule has 3 nitrogen and oxygen atoms in total. The first-order valence-electron chi connectivity index (χ1n) is 7.80. The number of allylic oxidation sites excluding steroid dienone is 2. The third-order valence-corrected chi connectivity index (χ3v) is 5.62. The Bertz CT molecular complexity index is 762. The zero-order valence-corrected chi connectivity index (χ0v) is 15.6. The molecule has 124 valence electrons. The predicted octanol–water partition coefficient (Wildman–Crippen LogP) is 4.83. The minimum atomic E-state index is -0.769. The van der Waals surface area contributed by atoms with Gasteiger partial charge in [0, 0.05) is 15.3 Å². The van der Waals surface area contributed by atoms with Gasteiger partial charge in [-0.2, -0.15) is 0 Å². The van der Waals surface area contributed by atoms with Crippen molar-refractivity contribution in [1.82, 2.24) is 0 Å². The number of rotatable bonds is 4. The lowest BCUT2D eigenvalue weighted by molar-refractivity contribution is -0.151. The van der Waals surface area contributed by atoms with Crippen LogP contribution in [0.4, 0.5) is 0 Å². The standard InChI is InChI=1S/C19H17BrO3S/c1-2-23-19(22)18-15(12-5-7-14(20)8-6-12)10-13(11-16(18)21)17-4-3-9-24-17/h3-9,11,15,18H,2,10H2,1H3/t15-,18+/m0/s1. The lowest BCUT2D eigenvalue weighted by Crippen LogP contribution is -2.33. The van der Waals surface area contributed by atoms with E-state index < -0.39 is 11.9 Å². The third kappa shape index (κ3) is 3.52. The molecule has 0 saturated carbocycles. The lowest BCUT2D eigenvalue weighted by atomic mass is 9.74. The van der Waals surface area contributed by atoms with Crippen LogP contribution >= 0.6 is 27.3 Å². The van der Waals surface area contributed by atoms with Gasteiger partial charge < -0.3 is 4.74 Å². The highest BCUT2D eigenvalue weighted by Gasteiger charge is 2.39. The molecule has 0 saturated heterocycles. The van der Waals surface area contributed by atoms with E-state index in [1.165, 1.54) is 0 Å². The van der Waals surface area contributed by atoms with Crippen LogP contribution in [0.1, 0.15) is 29.7 Å². The van der Waals surface area contributed by atoms with E-state index in [1.54, 1.807) is 24.3 Å². The average molecular weight is 405 g/mol. The highest BCUT2D eigenvalue weighted by molar-refractivity contribution is 9.10. The number of hydrogen-bond acceptors (Lipinski definition) is 4. The maximum absolute atomic E-state index is 12.7. The molecular formula is C19H17BrO3S. The lowest BCUT2D eigenvalue weighted by Gasteiger charge is -2.29. The molecule has 3 rings (SSSR count). The summed E-state index contributed by atoms with van der Waals surface area (Å²) in [5.41, 5.74) is 1.97. The number of ketones is 1. The van der Waals surface area contributed by atoms with Gasteiger partial charge in [-0.15, -0.1) is 11.3 Å². The van der Waals surface area contributed by atoms with E-state index in [2.05, 4.69) is 15.9 Å². The van der Waals surface area contributed by atoms with Crippen LogP contribution in [0.2, 0.25) is 0 Å². The number of benzene rings is 1. The molecule has 0 amide bonds. The Morgan fingerprint density at radius 1 is 1.29 bits per heavy atom. The molecule has 1 aromatic heterocycles. The number of carbonyl (C=O) groups is 2. The average Bonchev–Trinajstić information content (AvgIpc) is 3.09. The van der Waals surface area contributed by atoms with Crippen LogP contribution in [0, 0.1) is 5.92 Å². The number of carbonyl (C=O) groups excluding carboxylic acids is 2. The van der Waals surface area contributed by atoms with E-state index in [-0.39, 0.29) is 18.3 Å². The van der Waals surface area contributed by atoms with Crippen molar-refractivity contribution in [2.24, 2.45) is 5.92 Å². The molecule has 0 bridgehead atoms. The van der Waals surface area contributed by atoms with Gasteiger partial charge >= 0.3 is 5.97 Å². The van der Waals surface area contributed by atoms with E-state index in [0.29, 0.717) is 6.42 Å². The van der Waals surface area contributed by atoms with Crippen molar-refractivity contribution in [1.29, 1.82) is 0 Å². The summed E-state index contributed by atoms with van der Waals surface area (Å²) in [6.45, 7) is 2.03. The van der Waals surface area contributed by atoms with E-state index >= 15 is 0 Å². The molecule has 0 N–H and O–H groups in total. The summed E-state index contributed by atoms with van der Waals surface area (Å²) >= 11 is 5.03. The SMILES string of the molecule is CCOC(=O)[C@H]1C(=O)C=C(c2cccs2)C[C@H]1c1ccc(Br)cc1. The van der Waals surface area contributed by atoms with Crippen LogP contribution in [0.15, 0.2) is 52.3 Å². The molecule has 2 aromatic rings. The zero-order chi connectivity index (χ0) is 17.1. The van der Waals surface area contributed by atoms with Crippen LogP contribution < -0.4 is 0 Å². The second kappa shape index (κ2) is 7.45. The van der Waals surface area contributed by atoms with Crippen LogP contribution in [-0.4, -0.2) is 18.4 Å². The summed E-state index contributed by atoms with van der Waals surface area (Å²) in [5.74, 6) is -1.57. The Morgan fingerprint density at radius 3 is 2.67 bits per heavy atom. The quantitative estimate of drug-likeness (QED) is 0.541. The van der Waals surface area contributed by atoms with Gasteiger partial charge in [-0.05, 0) is 54.1 Å². The van der Waals surface area contributed by atoms with Gasteiger partial charge in [0.15, 0.2) is 5.78 Å². The molecule has 2 atom stereocenters. The maximum atomic E-state index is 12.7. The molecule has 0 spiro atoms. The molecular weight excluding hydrogens is 388 g/mol. The van der Waals surface area contributed by atoms with E-state index in [0.717, 1.165) is 20.5 Å². The summed E-state index contributed by atoms with van der Waals surface area (Å²) in [7, 11) is 0. The fraction of sp³-hybridized carbons (Fsp3) is 0.263. The van der Waals surface area contributed by atoms with E-state index in [1.807, 2.05) is 41.8 Å². The van der Waals surface area contributed by atoms with Crippen molar-refractivity contribution in [2.75, 3.05) is 6.61 Å². The van der Waals surface area contributed by atoms with Crippen molar-refractivity contribution in [3.63, 3.8) is 0 Å². The predicted molar refractivity (Wildman–Crippen MR) is 98.9 cm³/mol. The number of hydrogen-bond donors (Lipinski definition) is 0. The van der Waals surface area contributed by atoms with Crippen LogP contribution in [0.25, 0.3) is 5.57 Å². The van der Waals surface area contributed by atoms with Crippen LogP contribution in [0.3, 0.4) is 0 Å². The minimum Gasteiger partial charge on any atom is -0.465 e. The topological polar surface area (TPSA) is 43.4 Å². The smallest absolute Gasteiger partial charge is 0.317 e. The summed E-state index contributed by atoms with van der Waals surface area (Å²) < 4.78 is 6.13. The molecule has 1 aliphatic rings. The molecule has 0 radical (unpaired) electrons. The van der Waals surface area contributed by atoms with Gasteiger partial charge in [-0.1, -0.05) is 34.1 Å². The molecule has 1 heterocycles. The Kier molecular flexibility index (Phi) is 5.31. The van der Waals surface area contributed by atoms with Crippen molar-refractivity contribution in [3.05, 3.63) is 62.8 Å². The third-order valence-electron chi connectivity index (χ3n) is 4.14. The van der Waals surface area contributed by atoms with Crippen LogP contribution in [0.5, 0.6) is 0 Å². The molecule has 0 fully saturated rings. The Hall–Kier alpha value is -1.72. The zero-order valence-electron chi connectivity index (χ0n) is 13.2. The van der Waals surface area contributed by atoms with Gasteiger partial charge in [0.25, 0.3) is 0 Å². The normalized spacial score (nSPS) is 20.6. The summed E-state index contributed by atoms with van der Waals surface area (Å²) in [6.07, 6.45) is 2.26. The van der Waals surface area contributed by atoms with Gasteiger partial charge in [0.2, 0.25) is 0 Å². The van der Waals surface area contributed by atoms with Crippen molar-refractivity contribution >= 4 is 44.6 Å². The first-order valence-corrected chi connectivity index (χ1v) is 9.47. The van der Waals surface area contributed by atoms with E-state index in [4.69, 9.17) is 4.74 Å². The highest BCUT2D eigenvalue weighted by atomic mass is 79.9. The second-order valence-electron chi connectivity index (χ2n) is 5.64. The monoisotopic (exact) mass is 404 g/mol. The molecule has 0 unspecified atom stereocenters. The molecule has 1 aliphatic carbocycles. The Balaban J connectivity index is 2.00. The highest BCUT2D eigenvalue weighted by Crippen LogP contribution is 2.41. The van der Waals surface area contributed by atoms with Gasteiger partial charge in [-0.25, -0.2) is 0 Å². The Labute approximate surface area is 153 Å². The molecule has 5 heteroatoms. The molecule has 0 aliphatic heterocycles. The van der Waals surface area contributed by atoms with Gasteiger partial charge in [0.05, 0.1) is 6.61 Å². The molecule has 1 aromatic carbocycles. The molecule has 24 heavy (non-hydrogen) atoms. The summed E-state index contributed by atoms with van der Waals surface area (Å²) in [5, 5.41) is 1.99. The number of halogens is 1. The minimum absolute atomic E-state index is 0.170. The summed E-state index contributed by atoms with van der Waals surface area (Å²) in [6, 6.07) is 11.8. The van der Waals surface area contributed by atoms with Gasteiger partial charge in [0.1, 0.15) is 5.92 Å². The number of ether oxygens (including phenoxy) is 1. The fourth-order valence-electron chi connectivity index (χ4n) is 3.04. The Morgan fingerprint density at radius 2 is 2.04 bits per heavy atom. The fourth-order valence-corrected chi connectivity index (χ4v) is 4.06. The van der Waals surface area contributed by atoms with Gasteiger partial charge in [-0.3, -0.25) is 9.59 Å². The summed E-state index contributed by atoms with van der Waals surface area (Å²) in [4.78, 5) is 26.1.